The standard InChI is InChI=1S/C13H28O2/c1-4-5-6-7-8-9-10-11-13(2,12-14)15-3/h14H,4-12H2,1-3H3. The maximum absolute atomic E-state index is 9.13. The van der Waals surface area contributed by atoms with E-state index >= 15 is 0 Å². The Bertz CT molecular complexity index is 130. The van der Waals surface area contributed by atoms with Gasteiger partial charge in [0, 0.05) is 7.11 Å². The molecule has 0 spiro atoms. The number of hydrogen-bond acceptors (Lipinski definition) is 2. The minimum absolute atomic E-state index is 0.124. The van der Waals surface area contributed by atoms with E-state index in [1.807, 2.05) is 6.92 Å². The van der Waals surface area contributed by atoms with Crippen molar-refractivity contribution in [3.63, 3.8) is 0 Å². The molecule has 0 aliphatic rings. The van der Waals surface area contributed by atoms with Crippen LogP contribution in [0.2, 0.25) is 0 Å². The van der Waals surface area contributed by atoms with E-state index in [0.29, 0.717) is 0 Å². The highest BCUT2D eigenvalue weighted by atomic mass is 16.5. The number of aliphatic hydroxyl groups is 1. The number of ether oxygens (including phenoxy) is 1. The molecule has 0 radical (unpaired) electrons. The first-order chi connectivity index (χ1) is 7.18. The highest BCUT2D eigenvalue weighted by Crippen LogP contribution is 2.18. The highest BCUT2D eigenvalue weighted by Gasteiger charge is 2.21. The maximum Gasteiger partial charge on any atom is 0.0880 e. The van der Waals surface area contributed by atoms with E-state index in [2.05, 4.69) is 6.92 Å². The van der Waals surface area contributed by atoms with E-state index in [0.717, 1.165) is 12.8 Å². The molecule has 0 fully saturated rings. The lowest BCUT2D eigenvalue weighted by molar-refractivity contribution is -0.0447. The molecule has 0 bridgehead atoms. The molecule has 1 atom stereocenters. The van der Waals surface area contributed by atoms with Gasteiger partial charge >= 0.3 is 0 Å². The van der Waals surface area contributed by atoms with Gasteiger partial charge in [0.2, 0.25) is 0 Å². The van der Waals surface area contributed by atoms with E-state index in [1.54, 1.807) is 7.11 Å². The van der Waals surface area contributed by atoms with Crippen LogP contribution in [0.4, 0.5) is 0 Å². The van der Waals surface area contributed by atoms with Crippen molar-refractivity contribution in [1.82, 2.24) is 0 Å². The molecule has 0 saturated carbocycles. The zero-order chi connectivity index (χ0) is 11.6. The molecule has 0 rings (SSSR count). The third-order valence-corrected chi connectivity index (χ3v) is 3.14. The van der Waals surface area contributed by atoms with Crippen LogP contribution in [0.15, 0.2) is 0 Å². The Morgan fingerprint density at radius 3 is 2.00 bits per heavy atom. The molecule has 92 valence electrons. The molecule has 2 nitrogen and oxygen atoms in total. The van der Waals surface area contributed by atoms with Crippen LogP contribution in [0, 0.1) is 0 Å². The minimum atomic E-state index is -0.316. The first kappa shape index (κ1) is 14.9. The Balaban J connectivity index is 3.29. The lowest BCUT2D eigenvalue weighted by atomic mass is 9.98. The fourth-order valence-corrected chi connectivity index (χ4v) is 1.70. The molecular formula is C13H28O2. The summed E-state index contributed by atoms with van der Waals surface area (Å²) in [7, 11) is 1.68. The van der Waals surface area contributed by atoms with Crippen molar-refractivity contribution >= 4 is 0 Å². The maximum atomic E-state index is 9.13. The highest BCUT2D eigenvalue weighted by molar-refractivity contribution is 4.72. The summed E-state index contributed by atoms with van der Waals surface area (Å²) >= 11 is 0. The van der Waals surface area contributed by atoms with E-state index in [-0.39, 0.29) is 12.2 Å². The zero-order valence-electron chi connectivity index (χ0n) is 10.7. The largest absolute Gasteiger partial charge is 0.393 e. The summed E-state index contributed by atoms with van der Waals surface area (Å²) in [6.07, 6.45) is 10.1. The van der Waals surface area contributed by atoms with Gasteiger partial charge in [-0.25, -0.2) is 0 Å². The summed E-state index contributed by atoms with van der Waals surface area (Å²) in [4.78, 5) is 0. The Kier molecular flexibility index (Phi) is 9.12. The van der Waals surface area contributed by atoms with Gasteiger partial charge in [-0.15, -0.1) is 0 Å². The molecule has 0 heterocycles. The molecule has 1 N–H and O–H groups in total. The molecule has 0 aliphatic heterocycles. The number of unbranched alkanes of at least 4 members (excludes halogenated alkanes) is 6. The third-order valence-electron chi connectivity index (χ3n) is 3.14. The van der Waals surface area contributed by atoms with Crippen molar-refractivity contribution < 1.29 is 9.84 Å². The summed E-state index contributed by atoms with van der Waals surface area (Å²) < 4.78 is 5.28. The molecule has 0 saturated heterocycles. The van der Waals surface area contributed by atoms with Crippen LogP contribution in [0.1, 0.15) is 65.2 Å². The summed E-state index contributed by atoms with van der Waals surface area (Å²) in [5.74, 6) is 0. The molecule has 0 aromatic rings. The fraction of sp³-hybridized carbons (Fsp3) is 1.00. The molecule has 0 aromatic carbocycles. The summed E-state index contributed by atoms with van der Waals surface area (Å²) in [6.45, 7) is 4.34. The van der Waals surface area contributed by atoms with Crippen LogP contribution in [0.5, 0.6) is 0 Å². The summed E-state index contributed by atoms with van der Waals surface area (Å²) in [5.41, 5.74) is -0.316. The van der Waals surface area contributed by atoms with Gasteiger partial charge in [-0.3, -0.25) is 0 Å². The van der Waals surface area contributed by atoms with Gasteiger partial charge in [0.15, 0.2) is 0 Å². The quantitative estimate of drug-likeness (QED) is 0.566. The van der Waals surface area contributed by atoms with Gasteiger partial charge in [-0.05, 0) is 13.3 Å². The smallest absolute Gasteiger partial charge is 0.0880 e. The normalized spacial score (nSPS) is 15.2. The van der Waals surface area contributed by atoms with E-state index in [1.165, 1.54) is 38.5 Å². The van der Waals surface area contributed by atoms with Crippen LogP contribution in [-0.4, -0.2) is 24.4 Å². The fourth-order valence-electron chi connectivity index (χ4n) is 1.70. The monoisotopic (exact) mass is 216 g/mol. The Hall–Kier alpha value is -0.0800. The molecule has 1 unspecified atom stereocenters. The van der Waals surface area contributed by atoms with Crippen molar-refractivity contribution in [1.29, 1.82) is 0 Å². The van der Waals surface area contributed by atoms with Crippen molar-refractivity contribution in [2.75, 3.05) is 13.7 Å². The topological polar surface area (TPSA) is 29.5 Å². The molecular weight excluding hydrogens is 188 g/mol. The number of rotatable bonds is 10. The van der Waals surface area contributed by atoms with Gasteiger partial charge in [-0.1, -0.05) is 51.9 Å². The molecule has 0 aromatic heterocycles. The molecule has 15 heavy (non-hydrogen) atoms. The number of hydrogen-bond donors (Lipinski definition) is 1. The predicted molar refractivity (Wildman–Crippen MR) is 65.1 cm³/mol. The first-order valence-electron chi connectivity index (χ1n) is 6.34. The van der Waals surface area contributed by atoms with E-state index < -0.39 is 0 Å². The van der Waals surface area contributed by atoms with Gasteiger partial charge in [0.1, 0.15) is 0 Å². The summed E-state index contributed by atoms with van der Waals surface area (Å²) in [5, 5.41) is 9.13. The number of aliphatic hydroxyl groups excluding tert-OH is 1. The Labute approximate surface area is 95.0 Å². The van der Waals surface area contributed by atoms with Crippen LogP contribution < -0.4 is 0 Å². The molecule has 0 aliphatic carbocycles. The van der Waals surface area contributed by atoms with Crippen molar-refractivity contribution in [3.05, 3.63) is 0 Å². The average Bonchev–Trinajstić information content (AvgIpc) is 2.27. The van der Waals surface area contributed by atoms with Gasteiger partial charge in [-0.2, -0.15) is 0 Å². The Morgan fingerprint density at radius 2 is 1.53 bits per heavy atom. The van der Waals surface area contributed by atoms with Crippen molar-refractivity contribution in [2.45, 2.75) is 70.8 Å². The van der Waals surface area contributed by atoms with Crippen LogP contribution in [0.3, 0.4) is 0 Å². The van der Waals surface area contributed by atoms with Crippen molar-refractivity contribution in [2.24, 2.45) is 0 Å². The van der Waals surface area contributed by atoms with Crippen molar-refractivity contribution in [3.8, 4) is 0 Å². The van der Waals surface area contributed by atoms with Crippen LogP contribution >= 0.6 is 0 Å². The lowest BCUT2D eigenvalue weighted by Gasteiger charge is -2.25. The van der Waals surface area contributed by atoms with Gasteiger partial charge < -0.3 is 9.84 Å². The summed E-state index contributed by atoms with van der Waals surface area (Å²) in [6, 6.07) is 0. The van der Waals surface area contributed by atoms with Crippen LogP contribution in [0.25, 0.3) is 0 Å². The second-order valence-electron chi connectivity index (χ2n) is 4.68. The zero-order valence-corrected chi connectivity index (χ0v) is 10.7. The minimum Gasteiger partial charge on any atom is -0.393 e. The third kappa shape index (κ3) is 7.80. The SMILES string of the molecule is CCCCCCCCCC(C)(CO)OC. The Morgan fingerprint density at radius 1 is 1.00 bits per heavy atom. The van der Waals surface area contributed by atoms with Crippen LogP contribution in [-0.2, 0) is 4.74 Å². The van der Waals surface area contributed by atoms with E-state index in [4.69, 9.17) is 9.84 Å². The second-order valence-corrected chi connectivity index (χ2v) is 4.68. The lowest BCUT2D eigenvalue weighted by Crippen LogP contribution is -2.31. The average molecular weight is 216 g/mol. The molecule has 2 heteroatoms. The number of methoxy groups -OCH3 is 1. The molecule has 0 amide bonds. The van der Waals surface area contributed by atoms with Gasteiger partial charge in [0.25, 0.3) is 0 Å². The first-order valence-corrected chi connectivity index (χ1v) is 6.34. The second kappa shape index (κ2) is 9.17. The predicted octanol–water partition coefficient (Wildman–Crippen LogP) is 3.52. The van der Waals surface area contributed by atoms with Gasteiger partial charge in [0.05, 0.1) is 12.2 Å². The van der Waals surface area contributed by atoms with E-state index in [9.17, 15) is 0 Å².